The molecule has 8 nitrogen and oxygen atoms in total. The number of rotatable bonds is 6. The largest absolute Gasteiger partial charge is 0.372 e. The van der Waals surface area contributed by atoms with E-state index in [2.05, 4.69) is 20.6 Å². The second-order valence-electron chi connectivity index (χ2n) is 4.17. The van der Waals surface area contributed by atoms with Crippen LogP contribution in [-0.2, 0) is 0 Å². The molecule has 0 aliphatic carbocycles. The zero-order valence-electron chi connectivity index (χ0n) is 10.9. The van der Waals surface area contributed by atoms with E-state index in [1.165, 1.54) is 15.7 Å². The summed E-state index contributed by atoms with van der Waals surface area (Å²) in [5.41, 5.74) is 0. The number of nitrogens with zero attached hydrogens (tertiary/aromatic N) is 4. The number of fused-ring (bicyclic) bond motifs is 1. The van der Waals surface area contributed by atoms with E-state index in [0.717, 1.165) is 5.82 Å². The van der Waals surface area contributed by atoms with Crippen LogP contribution < -0.4 is 10.6 Å². The van der Waals surface area contributed by atoms with Crippen molar-refractivity contribution in [1.82, 2.24) is 14.4 Å². The number of anilines is 2. The minimum atomic E-state index is -0.429. The first kappa shape index (κ1) is 13.3. The predicted molar refractivity (Wildman–Crippen MR) is 80.9 cm³/mol. The highest BCUT2D eigenvalue weighted by Crippen LogP contribution is 2.27. The molecule has 3 rings (SSSR count). The Kier molecular flexibility index (Phi) is 3.65. The Morgan fingerprint density at radius 1 is 1.33 bits per heavy atom. The summed E-state index contributed by atoms with van der Waals surface area (Å²) in [5, 5.41) is 19.0. The molecule has 0 saturated carbocycles. The van der Waals surface area contributed by atoms with Gasteiger partial charge in [-0.15, -0.1) is 0 Å². The van der Waals surface area contributed by atoms with E-state index in [1.54, 1.807) is 17.8 Å². The van der Waals surface area contributed by atoms with Crippen molar-refractivity contribution in [3.05, 3.63) is 46.1 Å². The van der Waals surface area contributed by atoms with Gasteiger partial charge in [-0.05, 0) is 17.1 Å². The number of imidazole rings is 1. The lowest BCUT2D eigenvalue weighted by Crippen LogP contribution is -2.15. The molecule has 0 aliphatic rings. The predicted octanol–water partition coefficient (Wildman–Crippen LogP) is 2.22. The van der Waals surface area contributed by atoms with Crippen molar-refractivity contribution >= 4 is 33.8 Å². The molecular formula is C12H12N6O2S. The van der Waals surface area contributed by atoms with Gasteiger partial charge in [0.1, 0.15) is 12.0 Å². The fourth-order valence-corrected chi connectivity index (χ4v) is 2.61. The maximum Gasteiger partial charge on any atom is 0.372 e. The average molecular weight is 304 g/mol. The summed E-state index contributed by atoms with van der Waals surface area (Å²) in [6.07, 6.45) is 3.34. The molecule has 2 N–H and O–H groups in total. The molecular weight excluding hydrogens is 292 g/mol. The van der Waals surface area contributed by atoms with E-state index in [4.69, 9.17) is 0 Å². The molecule has 0 saturated heterocycles. The van der Waals surface area contributed by atoms with Crippen LogP contribution in [0.1, 0.15) is 0 Å². The minimum absolute atomic E-state index is 0.0379. The Bertz CT molecular complexity index is 754. The topological polar surface area (TPSA) is 97.4 Å². The first-order chi connectivity index (χ1) is 10.3. The fourth-order valence-electron chi connectivity index (χ4n) is 1.91. The summed E-state index contributed by atoms with van der Waals surface area (Å²) in [6, 6.07) is 5.58. The van der Waals surface area contributed by atoms with Crippen molar-refractivity contribution in [2.45, 2.75) is 0 Å². The van der Waals surface area contributed by atoms with Crippen LogP contribution in [0.4, 0.5) is 17.5 Å². The van der Waals surface area contributed by atoms with Gasteiger partial charge < -0.3 is 20.7 Å². The van der Waals surface area contributed by atoms with Gasteiger partial charge in [-0.1, -0.05) is 17.4 Å². The molecule has 21 heavy (non-hydrogen) atoms. The quantitative estimate of drug-likeness (QED) is 0.412. The number of nitrogens with one attached hydrogen (secondary N) is 2. The lowest BCUT2D eigenvalue weighted by molar-refractivity contribution is -0.389. The first-order valence-electron chi connectivity index (χ1n) is 6.24. The molecule has 108 valence electrons. The second-order valence-corrected chi connectivity index (χ2v) is 5.04. The summed E-state index contributed by atoms with van der Waals surface area (Å²) in [5.74, 6) is 1.01. The van der Waals surface area contributed by atoms with Crippen LogP contribution in [0.15, 0.2) is 36.0 Å². The summed E-state index contributed by atoms with van der Waals surface area (Å²) in [7, 11) is 0. The highest BCUT2D eigenvalue weighted by atomic mass is 32.1. The standard InChI is InChI=1S/C12H12N6O2S/c19-18(20)11-10(16-12-17(11)7-8-21-12)15-6-5-14-9-3-1-2-4-13-9/h1-4,7-8,15H,5-6H2,(H,13,14). The molecule has 0 aliphatic heterocycles. The molecule has 3 aromatic rings. The molecule has 0 fully saturated rings. The van der Waals surface area contributed by atoms with Crippen molar-refractivity contribution < 1.29 is 4.92 Å². The summed E-state index contributed by atoms with van der Waals surface area (Å²) in [6.45, 7) is 1.08. The Balaban J connectivity index is 1.64. The Labute approximate surface area is 123 Å². The highest BCUT2D eigenvalue weighted by molar-refractivity contribution is 7.15. The minimum Gasteiger partial charge on any atom is -0.368 e. The number of hydrogen-bond donors (Lipinski definition) is 2. The molecule has 0 unspecified atom stereocenters. The zero-order chi connectivity index (χ0) is 14.7. The third-order valence-electron chi connectivity index (χ3n) is 2.80. The van der Waals surface area contributed by atoms with Crippen LogP contribution >= 0.6 is 11.3 Å². The molecule has 9 heteroatoms. The van der Waals surface area contributed by atoms with Crippen LogP contribution in [0.2, 0.25) is 0 Å². The van der Waals surface area contributed by atoms with Crippen LogP contribution in [0.5, 0.6) is 0 Å². The van der Waals surface area contributed by atoms with Gasteiger partial charge in [0.2, 0.25) is 5.82 Å². The van der Waals surface area contributed by atoms with Crippen LogP contribution in [0.3, 0.4) is 0 Å². The molecule has 0 aromatic carbocycles. The first-order valence-corrected chi connectivity index (χ1v) is 7.12. The maximum atomic E-state index is 11.1. The Morgan fingerprint density at radius 3 is 2.95 bits per heavy atom. The summed E-state index contributed by atoms with van der Waals surface area (Å²) in [4.78, 5) is 19.7. The lowest BCUT2D eigenvalue weighted by Gasteiger charge is -2.06. The van der Waals surface area contributed by atoms with Crippen LogP contribution in [-0.4, -0.2) is 32.4 Å². The fraction of sp³-hybridized carbons (Fsp3) is 0.167. The normalized spacial score (nSPS) is 10.7. The number of hydrogen-bond acceptors (Lipinski definition) is 7. The molecule has 3 aromatic heterocycles. The SMILES string of the molecule is O=[N+]([O-])c1c(NCCNc2ccccn2)nc2sccn12. The van der Waals surface area contributed by atoms with E-state index in [9.17, 15) is 10.1 Å². The summed E-state index contributed by atoms with van der Waals surface area (Å²) < 4.78 is 1.47. The van der Waals surface area contributed by atoms with Gasteiger partial charge in [0.05, 0.1) is 0 Å². The molecule has 3 heterocycles. The third kappa shape index (κ3) is 2.77. The Morgan fingerprint density at radius 2 is 2.19 bits per heavy atom. The number of nitro groups is 1. The monoisotopic (exact) mass is 304 g/mol. The van der Waals surface area contributed by atoms with Crippen molar-refractivity contribution in [1.29, 1.82) is 0 Å². The van der Waals surface area contributed by atoms with Crippen molar-refractivity contribution in [3.8, 4) is 0 Å². The van der Waals surface area contributed by atoms with Gasteiger partial charge in [-0.25, -0.2) is 4.98 Å². The zero-order valence-corrected chi connectivity index (χ0v) is 11.7. The molecule has 0 amide bonds. The Hall–Kier alpha value is -2.68. The lowest BCUT2D eigenvalue weighted by atomic mass is 10.4. The van der Waals surface area contributed by atoms with Gasteiger partial charge in [0.25, 0.3) is 4.96 Å². The van der Waals surface area contributed by atoms with Gasteiger partial charge in [-0.2, -0.15) is 9.38 Å². The van der Waals surface area contributed by atoms with Crippen LogP contribution in [0, 0.1) is 10.1 Å². The third-order valence-corrected chi connectivity index (χ3v) is 3.55. The van der Waals surface area contributed by atoms with Gasteiger partial charge in [0.15, 0.2) is 0 Å². The molecule has 0 bridgehead atoms. The highest BCUT2D eigenvalue weighted by Gasteiger charge is 2.22. The molecule has 0 atom stereocenters. The smallest absolute Gasteiger partial charge is 0.368 e. The molecule has 0 radical (unpaired) electrons. The van der Waals surface area contributed by atoms with E-state index in [1.807, 2.05) is 18.2 Å². The average Bonchev–Trinajstić information content (AvgIpc) is 3.04. The van der Waals surface area contributed by atoms with Crippen molar-refractivity contribution in [2.75, 3.05) is 23.7 Å². The van der Waals surface area contributed by atoms with Gasteiger partial charge >= 0.3 is 5.82 Å². The second kappa shape index (κ2) is 5.75. The van der Waals surface area contributed by atoms with Crippen LogP contribution in [0.25, 0.3) is 4.96 Å². The number of pyridine rings is 1. The van der Waals surface area contributed by atoms with E-state index in [0.29, 0.717) is 18.1 Å². The summed E-state index contributed by atoms with van der Waals surface area (Å²) >= 11 is 1.36. The van der Waals surface area contributed by atoms with Gasteiger partial charge in [-0.3, -0.25) is 0 Å². The van der Waals surface area contributed by atoms with Crippen molar-refractivity contribution in [3.63, 3.8) is 0 Å². The van der Waals surface area contributed by atoms with Gasteiger partial charge in [0, 0.05) is 24.7 Å². The van der Waals surface area contributed by atoms with E-state index >= 15 is 0 Å². The number of aromatic nitrogens is 3. The molecule has 0 spiro atoms. The van der Waals surface area contributed by atoms with E-state index in [-0.39, 0.29) is 11.6 Å². The number of thiazole rings is 1. The van der Waals surface area contributed by atoms with E-state index < -0.39 is 4.92 Å². The van der Waals surface area contributed by atoms with Crippen molar-refractivity contribution in [2.24, 2.45) is 0 Å². The maximum absolute atomic E-state index is 11.1.